The van der Waals surface area contributed by atoms with Crippen molar-refractivity contribution in [2.75, 3.05) is 30.5 Å². The number of nitrogens with one attached hydrogen (secondary N) is 1. The molecule has 2 nitrogen and oxygen atoms in total. The van der Waals surface area contributed by atoms with Crippen LogP contribution in [0.5, 0.6) is 0 Å². The van der Waals surface area contributed by atoms with Gasteiger partial charge in [-0.15, -0.1) is 0 Å². The van der Waals surface area contributed by atoms with E-state index in [-0.39, 0.29) is 0 Å². The summed E-state index contributed by atoms with van der Waals surface area (Å²) in [6, 6.07) is 6.68. The topological polar surface area (TPSA) is 15.3 Å². The number of rotatable bonds is 8. The monoisotopic (exact) mass is 314 g/mol. The summed E-state index contributed by atoms with van der Waals surface area (Å²) < 4.78 is 0. The molecule has 0 aliphatic carbocycles. The van der Waals surface area contributed by atoms with Crippen LogP contribution in [-0.4, -0.2) is 31.6 Å². The Morgan fingerprint density at radius 3 is 2.60 bits per heavy atom. The Kier molecular flexibility index (Phi) is 7.78. The van der Waals surface area contributed by atoms with Crippen LogP contribution < -0.4 is 10.2 Å². The van der Waals surface area contributed by atoms with E-state index in [1.807, 2.05) is 17.8 Å². The number of anilines is 1. The lowest BCUT2D eigenvalue weighted by Crippen LogP contribution is -2.32. The lowest BCUT2D eigenvalue weighted by atomic mass is 10.1. The van der Waals surface area contributed by atoms with Gasteiger partial charge in [-0.1, -0.05) is 31.5 Å². The highest BCUT2D eigenvalue weighted by Gasteiger charge is 2.13. The van der Waals surface area contributed by atoms with Gasteiger partial charge in [-0.3, -0.25) is 0 Å². The highest BCUT2D eigenvalue weighted by Crippen LogP contribution is 2.26. The molecule has 1 N–H and O–H groups in total. The second-order valence-electron chi connectivity index (χ2n) is 5.71. The first-order valence-electron chi connectivity index (χ1n) is 7.16. The van der Waals surface area contributed by atoms with Crippen LogP contribution in [0, 0.1) is 5.92 Å². The van der Waals surface area contributed by atoms with E-state index in [1.54, 1.807) is 0 Å². The van der Waals surface area contributed by atoms with Gasteiger partial charge < -0.3 is 10.2 Å². The van der Waals surface area contributed by atoms with Gasteiger partial charge in [0.2, 0.25) is 0 Å². The summed E-state index contributed by atoms with van der Waals surface area (Å²) in [5, 5.41) is 4.31. The molecule has 0 aliphatic heterocycles. The second kappa shape index (κ2) is 8.81. The summed E-state index contributed by atoms with van der Waals surface area (Å²) >= 11 is 8.05. The lowest BCUT2D eigenvalue weighted by molar-refractivity contribution is 0.552. The summed E-state index contributed by atoms with van der Waals surface area (Å²) in [5.41, 5.74) is 2.54. The molecule has 0 radical (unpaired) electrons. The second-order valence-corrected chi connectivity index (χ2v) is 7.06. The van der Waals surface area contributed by atoms with Crippen LogP contribution in [0.15, 0.2) is 18.2 Å². The fourth-order valence-corrected chi connectivity index (χ4v) is 2.97. The minimum Gasteiger partial charge on any atom is -0.371 e. The Labute approximate surface area is 133 Å². The minimum absolute atomic E-state index is 0.493. The molecular weight excluding hydrogens is 288 g/mol. The molecule has 0 spiro atoms. The zero-order chi connectivity index (χ0) is 15.1. The van der Waals surface area contributed by atoms with Gasteiger partial charge in [0.15, 0.2) is 0 Å². The molecule has 0 fully saturated rings. The predicted octanol–water partition coefficient (Wildman–Crippen LogP) is 4.27. The van der Waals surface area contributed by atoms with Crippen molar-refractivity contribution in [3.63, 3.8) is 0 Å². The number of hydrogen-bond donors (Lipinski definition) is 1. The molecule has 0 saturated carbocycles. The van der Waals surface area contributed by atoms with E-state index in [1.165, 1.54) is 11.3 Å². The number of nitrogens with zero attached hydrogens (tertiary/aromatic N) is 1. The van der Waals surface area contributed by atoms with Gasteiger partial charge in [0.25, 0.3) is 0 Å². The highest BCUT2D eigenvalue weighted by atomic mass is 35.5. The van der Waals surface area contributed by atoms with Gasteiger partial charge in [0, 0.05) is 36.1 Å². The van der Waals surface area contributed by atoms with Crippen LogP contribution in [0.25, 0.3) is 0 Å². The largest absolute Gasteiger partial charge is 0.371 e. The molecule has 0 amide bonds. The van der Waals surface area contributed by atoms with Crippen molar-refractivity contribution in [1.29, 1.82) is 0 Å². The zero-order valence-electron chi connectivity index (χ0n) is 13.2. The van der Waals surface area contributed by atoms with Gasteiger partial charge in [-0.2, -0.15) is 11.8 Å². The van der Waals surface area contributed by atoms with Crippen molar-refractivity contribution in [2.45, 2.75) is 33.4 Å². The van der Waals surface area contributed by atoms with Crippen molar-refractivity contribution >= 4 is 29.1 Å². The Bertz CT molecular complexity index is 409. The first-order chi connectivity index (χ1) is 9.45. The maximum Gasteiger partial charge on any atom is 0.0426 e. The van der Waals surface area contributed by atoms with Crippen LogP contribution >= 0.6 is 23.4 Å². The summed E-state index contributed by atoms with van der Waals surface area (Å²) in [6.07, 6.45) is 2.15. The molecule has 1 unspecified atom stereocenters. The third-order valence-corrected chi connectivity index (χ3v) is 4.42. The van der Waals surface area contributed by atoms with Gasteiger partial charge in [0.05, 0.1) is 0 Å². The minimum atomic E-state index is 0.493. The van der Waals surface area contributed by atoms with E-state index in [0.29, 0.717) is 12.0 Å². The number of benzene rings is 1. The molecule has 0 heterocycles. The van der Waals surface area contributed by atoms with Gasteiger partial charge in [-0.05, 0) is 43.3 Å². The molecule has 4 heteroatoms. The predicted molar refractivity (Wildman–Crippen MR) is 94.2 cm³/mol. The summed E-state index contributed by atoms with van der Waals surface area (Å²) in [5.74, 6) is 1.78. The van der Waals surface area contributed by atoms with Gasteiger partial charge in [0.1, 0.15) is 0 Å². The maximum absolute atomic E-state index is 6.17. The van der Waals surface area contributed by atoms with E-state index >= 15 is 0 Å². The number of hydrogen-bond acceptors (Lipinski definition) is 3. The fourth-order valence-electron chi connectivity index (χ4n) is 2.10. The summed E-state index contributed by atoms with van der Waals surface area (Å²) in [4.78, 5) is 2.33. The lowest BCUT2D eigenvalue weighted by Gasteiger charge is -2.29. The van der Waals surface area contributed by atoms with Crippen molar-refractivity contribution in [3.8, 4) is 0 Å². The fraction of sp³-hybridized carbons (Fsp3) is 0.625. The van der Waals surface area contributed by atoms with E-state index in [9.17, 15) is 0 Å². The van der Waals surface area contributed by atoms with Crippen molar-refractivity contribution in [2.24, 2.45) is 5.92 Å². The van der Waals surface area contributed by atoms with Crippen molar-refractivity contribution in [3.05, 3.63) is 28.8 Å². The molecule has 1 aromatic carbocycles. The average molecular weight is 315 g/mol. The van der Waals surface area contributed by atoms with Crippen LogP contribution in [-0.2, 0) is 6.54 Å². The van der Waals surface area contributed by atoms with E-state index in [4.69, 9.17) is 11.6 Å². The smallest absolute Gasteiger partial charge is 0.0426 e. The third-order valence-electron chi connectivity index (χ3n) is 3.36. The Balaban J connectivity index is 2.83. The molecule has 0 aliphatic rings. The average Bonchev–Trinajstić information content (AvgIpc) is 2.39. The van der Waals surface area contributed by atoms with Crippen LogP contribution in [0.2, 0.25) is 5.02 Å². The van der Waals surface area contributed by atoms with Crippen LogP contribution in [0.3, 0.4) is 0 Å². The third kappa shape index (κ3) is 5.55. The van der Waals surface area contributed by atoms with Crippen molar-refractivity contribution in [1.82, 2.24) is 5.32 Å². The molecule has 0 aromatic heterocycles. The molecule has 1 aromatic rings. The summed E-state index contributed by atoms with van der Waals surface area (Å²) in [6.45, 7) is 8.63. The van der Waals surface area contributed by atoms with Gasteiger partial charge in [-0.25, -0.2) is 0 Å². The zero-order valence-corrected chi connectivity index (χ0v) is 14.8. The molecule has 20 heavy (non-hydrogen) atoms. The molecule has 1 atom stereocenters. The first kappa shape index (κ1) is 17.7. The number of thioether (sulfide) groups is 1. The Hall–Kier alpha value is -0.380. The molecule has 0 saturated heterocycles. The summed E-state index contributed by atoms with van der Waals surface area (Å²) in [7, 11) is 2.15. The van der Waals surface area contributed by atoms with E-state index in [2.05, 4.69) is 56.4 Å². The standard InChI is InChI=1S/C16H27ClN2S/c1-12(2)9-18-10-14-6-7-15(17)8-16(14)19(4)13(3)11-20-5/h6-8,12-13,18H,9-11H2,1-5H3. The molecule has 0 bridgehead atoms. The van der Waals surface area contributed by atoms with E-state index < -0.39 is 0 Å². The maximum atomic E-state index is 6.17. The SMILES string of the molecule is CSCC(C)N(C)c1cc(Cl)ccc1CNCC(C)C. The molecule has 114 valence electrons. The first-order valence-corrected chi connectivity index (χ1v) is 8.93. The Morgan fingerprint density at radius 2 is 2.00 bits per heavy atom. The van der Waals surface area contributed by atoms with Crippen LogP contribution in [0.1, 0.15) is 26.3 Å². The highest BCUT2D eigenvalue weighted by molar-refractivity contribution is 7.98. The molecular formula is C16H27ClN2S. The quantitative estimate of drug-likeness (QED) is 0.771. The Morgan fingerprint density at radius 1 is 1.30 bits per heavy atom. The normalized spacial score (nSPS) is 12.8. The van der Waals surface area contributed by atoms with Crippen molar-refractivity contribution < 1.29 is 0 Å². The molecule has 1 rings (SSSR count). The van der Waals surface area contributed by atoms with Crippen LogP contribution in [0.4, 0.5) is 5.69 Å². The van der Waals surface area contributed by atoms with E-state index in [0.717, 1.165) is 23.9 Å². The number of halogens is 1. The van der Waals surface area contributed by atoms with Gasteiger partial charge >= 0.3 is 0 Å².